The lowest BCUT2D eigenvalue weighted by molar-refractivity contribution is 0.0964. The summed E-state index contributed by atoms with van der Waals surface area (Å²) < 4.78 is 5.28. The molecule has 104 valence electrons. The fourth-order valence-electron chi connectivity index (χ4n) is 1.89. The smallest absolute Gasteiger partial charge is 0.253 e. The molecular formula is C15H17N3O2. The Morgan fingerprint density at radius 3 is 2.60 bits per heavy atom. The quantitative estimate of drug-likeness (QED) is 0.746. The van der Waals surface area contributed by atoms with Gasteiger partial charge in [-0.3, -0.25) is 4.79 Å². The van der Waals surface area contributed by atoms with Crippen LogP contribution in [0.5, 0.6) is 5.75 Å². The lowest BCUT2D eigenvalue weighted by atomic mass is 10.1. The van der Waals surface area contributed by atoms with Gasteiger partial charge in [0.2, 0.25) is 0 Å². The third kappa shape index (κ3) is 2.83. The Balaban J connectivity index is 2.40. The number of nitrogens with two attached hydrogens (primary N) is 1. The van der Waals surface area contributed by atoms with Crippen molar-refractivity contribution in [3.05, 3.63) is 48.0 Å². The van der Waals surface area contributed by atoms with E-state index in [1.165, 1.54) is 0 Å². The molecule has 2 rings (SSSR count). The minimum absolute atomic E-state index is 0.199. The molecule has 0 aliphatic heterocycles. The average molecular weight is 271 g/mol. The van der Waals surface area contributed by atoms with Crippen LogP contribution in [0.4, 0.5) is 17.1 Å². The summed E-state index contributed by atoms with van der Waals surface area (Å²) in [5.41, 5.74) is 8.21. The molecule has 0 bridgehead atoms. The molecule has 5 heteroatoms. The Morgan fingerprint density at radius 2 is 1.90 bits per heavy atom. The van der Waals surface area contributed by atoms with Crippen LogP contribution in [0, 0.1) is 0 Å². The number of amides is 1. The molecule has 2 aromatic rings. The van der Waals surface area contributed by atoms with E-state index in [4.69, 9.17) is 10.5 Å². The maximum Gasteiger partial charge on any atom is 0.253 e. The van der Waals surface area contributed by atoms with Gasteiger partial charge < -0.3 is 21.1 Å². The number of carbonyl (C=O) groups is 1. The summed E-state index contributed by atoms with van der Waals surface area (Å²) in [6, 6.07) is 12.6. The van der Waals surface area contributed by atoms with E-state index in [2.05, 4.69) is 10.6 Å². The van der Waals surface area contributed by atoms with Crippen LogP contribution in [0.25, 0.3) is 0 Å². The van der Waals surface area contributed by atoms with Gasteiger partial charge in [-0.1, -0.05) is 12.1 Å². The van der Waals surface area contributed by atoms with E-state index < -0.39 is 0 Å². The van der Waals surface area contributed by atoms with Gasteiger partial charge >= 0.3 is 0 Å². The van der Waals surface area contributed by atoms with Crippen molar-refractivity contribution in [2.45, 2.75) is 0 Å². The van der Waals surface area contributed by atoms with Crippen molar-refractivity contribution in [1.82, 2.24) is 5.32 Å². The van der Waals surface area contributed by atoms with E-state index in [1.807, 2.05) is 24.3 Å². The minimum atomic E-state index is -0.199. The normalized spacial score (nSPS) is 9.90. The van der Waals surface area contributed by atoms with Crippen LogP contribution in [0.15, 0.2) is 42.5 Å². The Labute approximate surface area is 117 Å². The number of hydrogen-bond acceptors (Lipinski definition) is 4. The number of para-hydroxylation sites is 2. The predicted molar refractivity (Wildman–Crippen MR) is 80.5 cm³/mol. The third-order valence-electron chi connectivity index (χ3n) is 2.89. The molecule has 0 unspecified atom stereocenters. The van der Waals surface area contributed by atoms with Gasteiger partial charge in [0.15, 0.2) is 0 Å². The van der Waals surface area contributed by atoms with Crippen molar-refractivity contribution in [2.75, 3.05) is 25.2 Å². The highest BCUT2D eigenvalue weighted by molar-refractivity contribution is 6.01. The molecule has 5 nitrogen and oxygen atoms in total. The van der Waals surface area contributed by atoms with Gasteiger partial charge in [-0.2, -0.15) is 0 Å². The molecule has 0 aliphatic carbocycles. The first-order valence-electron chi connectivity index (χ1n) is 6.17. The van der Waals surface area contributed by atoms with Crippen LogP contribution in [0.3, 0.4) is 0 Å². The number of nitrogen functional groups attached to an aromatic ring is 1. The molecule has 1 amide bonds. The number of ether oxygens (including phenoxy) is 1. The summed E-state index contributed by atoms with van der Waals surface area (Å²) in [5, 5.41) is 5.79. The van der Waals surface area contributed by atoms with Gasteiger partial charge in [-0.05, 0) is 30.3 Å². The van der Waals surface area contributed by atoms with Gasteiger partial charge in [0, 0.05) is 12.7 Å². The van der Waals surface area contributed by atoms with E-state index in [-0.39, 0.29) is 5.91 Å². The highest BCUT2D eigenvalue weighted by Gasteiger charge is 2.12. The Hall–Kier alpha value is -2.69. The van der Waals surface area contributed by atoms with Crippen LogP contribution < -0.4 is 21.1 Å². The molecule has 0 aliphatic rings. The second-order valence-electron chi connectivity index (χ2n) is 4.21. The summed E-state index contributed by atoms with van der Waals surface area (Å²) >= 11 is 0. The average Bonchev–Trinajstić information content (AvgIpc) is 2.48. The van der Waals surface area contributed by atoms with E-state index in [0.717, 1.165) is 5.69 Å². The summed E-state index contributed by atoms with van der Waals surface area (Å²) in [5.74, 6) is 0.502. The topological polar surface area (TPSA) is 76.4 Å². The lowest BCUT2D eigenvalue weighted by Gasteiger charge is -2.14. The summed E-state index contributed by atoms with van der Waals surface area (Å²) in [7, 11) is 3.18. The molecule has 0 aromatic heterocycles. The molecule has 20 heavy (non-hydrogen) atoms. The molecule has 0 fully saturated rings. The molecule has 0 spiro atoms. The molecule has 0 saturated heterocycles. The molecular weight excluding hydrogens is 254 g/mol. The fraction of sp³-hybridized carbons (Fsp3) is 0.133. The fourth-order valence-corrected chi connectivity index (χ4v) is 1.89. The van der Waals surface area contributed by atoms with Gasteiger partial charge in [0.05, 0.1) is 24.0 Å². The predicted octanol–water partition coefficient (Wildman–Crippen LogP) is 2.38. The van der Waals surface area contributed by atoms with Crippen LogP contribution in [0.2, 0.25) is 0 Å². The second kappa shape index (κ2) is 5.97. The zero-order chi connectivity index (χ0) is 14.5. The van der Waals surface area contributed by atoms with Crippen molar-refractivity contribution >= 4 is 23.0 Å². The highest BCUT2D eigenvalue weighted by Crippen LogP contribution is 2.29. The number of nitrogens with one attached hydrogen (secondary N) is 2. The summed E-state index contributed by atoms with van der Waals surface area (Å²) in [4.78, 5) is 11.9. The maximum absolute atomic E-state index is 11.9. The van der Waals surface area contributed by atoms with Crippen LogP contribution in [-0.2, 0) is 0 Å². The number of anilines is 3. The number of hydrogen-bond donors (Lipinski definition) is 3. The number of methoxy groups -OCH3 is 1. The largest absolute Gasteiger partial charge is 0.495 e. The van der Waals surface area contributed by atoms with Crippen LogP contribution >= 0.6 is 0 Å². The van der Waals surface area contributed by atoms with Crippen LogP contribution in [0.1, 0.15) is 10.4 Å². The van der Waals surface area contributed by atoms with Crippen molar-refractivity contribution in [1.29, 1.82) is 0 Å². The lowest BCUT2D eigenvalue weighted by Crippen LogP contribution is -2.19. The van der Waals surface area contributed by atoms with E-state index in [1.54, 1.807) is 32.4 Å². The first-order chi connectivity index (χ1) is 9.65. The molecule has 0 radical (unpaired) electrons. The van der Waals surface area contributed by atoms with Crippen molar-refractivity contribution in [3.8, 4) is 5.75 Å². The number of benzene rings is 2. The van der Waals surface area contributed by atoms with Gasteiger partial charge in [0.25, 0.3) is 5.91 Å². The first-order valence-corrected chi connectivity index (χ1v) is 6.17. The Kier molecular flexibility index (Phi) is 4.10. The van der Waals surface area contributed by atoms with E-state index in [9.17, 15) is 4.79 Å². The molecule has 0 heterocycles. The SMILES string of the molecule is CNC(=O)c1cc(N)ccc1Nc1ccccc1OC. The van der Waals surface area contributed by atoms with E-state index >= 15 is 0 Å². The van der Waals surface area contributed by atoms with Crippen molar-refractivity contribution in [3.63, 3.8) is 0 Å². The first kappa shape index (κ1) is 13.7. The molecule has 4 N–H and O–H groups in total. The summed E-state index contributed by atoms with van der Waals surface area (Å²) in [6.45, 7) is 0. The van der Waals surface area contributed by atoms with E-state index in [0.29, 0.717) is 22.7 Å². The van der Waals surface area contributed by atoms with Crippen LogP contribution in [-0.4, -0.2) is 20.1 Å². The molecule has 0 atom stereocenters. The highest BCUT2D eigenvalue weighted by atomic mass is 16.5. The van der Waals surface area contributed by atoms with Gasteiger partial charge in [-0.15, -0.1) is 0 Å². The minimum Gasteiger partial charge on any atom is -0.495 e. The van der Waals surface area contributed by atoms with Crippen molar-refractivity contribution in [2.24, 2.45) is 0 Å². The summed E-state index contributed by atoms with van der Waals surface area (Å²) in [6.07, 6.45) is 0. The van der Waals surface area contributed by atoms with Gasteiger partial charge in [0.1, 0.15) is 5.75 Å². The molecule has 2 aromatic carbocycles. The zero-order valence-corrected chi connectivity index (χ0v) is 11.4. The zero-order valence-electron chi connectivity index (χ0n) is 11.4. The standard InChI is InChI=1S/C15H17N3O2/c1-17-15(19)11-9-10(16)7-8-12(11)18-13-5-3-4-6-14(13)20-2/h3-9,18H,16H2,1-2H3,(H,17,19). The Morgan fingerprint density at radius 1 is 1.15 bits per heavy atom. The third-order valence-corrected chi connectivity index (χ3v) is 2.89. The van der Waals surface area contributed by atoms with Crippen molar-refractivity contribution < 1.29 is 9.53 Å². The second-order valence-corrected chi connectivity index (χ2v) is 4.21. The Bertz CT molecular complexity index is 626. The van der Waals surface area contributed by atoms with Gasteiger partial charge in [-0.25, -0.2) is 0 Å². The molecule has 0 saturated carbocycles. The monoisotopic (exact) mass is 271 g/mol. The number of rotatable bonds is 4. The maximum atomic E-state index is 11.9. The number of carbonyl (C=O) groups excluding carboxylic acids is 1.